The van der Waals surface area contributed by atoms with E-state index in [1.165, 1.54) is 0 Å². The second-order valence-corrected chi connectivity index (χ2v) is 4.29. The van der Waals surface area contributed by atoms with Gasteiger partial charge in [0.2, 0.25) is 0 Å². The van der Waals surface area contributed by atoms with Crippen LogP contribution < -0.4 is 5.32 Å². The van der Waals surface area contributed by atoms with E-state index >= 15 is 0 Å². The minimum absolute atomic E-state index is 0.528. The lowest BCUT2D eigenvalue weighted by molar-refractivity contribution is -0.152. The molecule has 1 heterocycles. The molecule has 0 amide bonds. The monoisotopic (exact) mass is 234 g/mol. The minimum atomic E-state index is -0.575. The molecule has 0 aliphatic carbocycles. The van der Waals surface area contributed by atoms with Crippen LogP contribution in [0.15, 0.2) is 30.3 Å². The van der Waals surface area contributed by atoms with Crippen LogP contribution in [0.4, 0.5) is 0 Å². The number of ether oxygens (including phenoxy) is 2. The molecule has 1 atom stereocenters. The van der Waals surface area contributed by atoms with Gasteiger partial charge in [0.1, 0.15) is 0 Å². The zero-order valence-electron chi connectivity index (χ0n) is 10.4. The van der Waals surface area contributed by atoms with Crippen molar-refractivity contribution in [1.29, 1.82) is 0 Å². The van der Waals surface area contributed by atoms with E-state index in [0.717, 1.165) is 25.0 Å². The van der Waals surface area contributed by atoms with E-state index in [1.807, 2.05) is 18.2 Å². The molecule has 1 fully saturated rings. The highest BCUT2D eigenvalue weighted by Crippen LogP contribution is 2.27. The smallest absolute Gasteiger partial charge is 0.183 e. The van der Waals surface area contributed by atoms with Crippen LogP contribution in [0.5, 0.6) is 0 Å². The zero-order valence-corrected chi connectivity index (χ0v) is 10.4. The van der Waals surface area contributed by atoms with Gasteiger partial charge in [-0.15, -0.1) is 0 Å². The van der Waals surface area contributed by atoms with Crippen LogP contribution >= 0.6 is 0 Å². The van der Waals surface area contributed by atoms with Crippen LogP contribution in [-0.4, -0.2) is 26.4 Å². The molecule has 0 bridgehead atoms. The summed E-state index contributed by atoms with van der Waals surface area (Å²) in [4.78, 5) is 0. The van der Waals surface area contributed by atoms with Gasteiger partial charge in [0.05, 0.1) is 13.2 Å². The van der Waals surface area contributed by atoms with Gasteiger partial charge in [-0.3, -0.25) is 0 Å². The molecule has 1 aliphatic heterocycles. The Kier molecular flexibility index (Phi) is 4.54. The van der Waals surface area contributed by atoms with Crippen molar-refractivity contribution in [2.45, 2.75) is 25.5 Å². The summed E-state index contributed by atoms with van der Waals surface area (Å²) >= 11 is 0. The molecule has 1 aromatic carbocycles. The highest BCUT2D eigenvalue weighted by molar-refractivity contribution is 5.22. The summed E-state index contributed by atoms with van der Waals surface area (Å²) in [6.45, 7) is 4.83. The molecule has 1 aliphatic rings. The lowest BCUT2D eigenvalue weighted by Crippen LogP contribution is -2.49. The van der Waals surface area contributed by atoms with Gasteiger partial charge < -0.3 is 9.47 Å². The van der Waals surface area contributed by atoms with Gasteiger partial charge >= 0.3 is 0 Å². The first kappa shape index (κ1) is 12.6. The normalized spacial score (nSPS) is 24.8. The third-order valence-corrected chi connectivity index (χ3v) is 2.96. The maximum absolute atomic E-state index is 6.01. The van der Waals surface area contributed by atoms with Crippen molar-refractivity contribution in [1.82, 2.24) is 5.32 Å². The molecular formula is C14H20NO2. The standard InChI is InChI=1S/C14H20NO2/c1-2-3-10-17-14(12-16-11-9-15-14)13-7-5-4-6-8-13/h4-8H,2-3,9-12H2,1H3. The van der Waals surface area contributed by atoms with Gasteiger partial charge in [0.15, 0.2) is 5.72 Å². The SMILES string of the molecule is CCCCOC1(c2ccccc2)COCC[N]1. The van der Waals surface area contributed by atoms with Crippen LogP contribution in [0.2, 0.25) is 0 Å². The number of morpholine rings is 1. The molecule has 0 aromatic heterocycles. The van der Waals surface area contributed by atoms with E-state index in [0.29, 0.717) is 19.8 Å². The van der Waals surface area contributed by atoms with Crippen LogP contribution in [0.1, 0.15) is 25.3 Å². The van der Waals surface area contributed by atoms with E-state index in [-0.39, 0.29) is 0 Å². The van der Waals surface area contributed by atoms with Gasteiger partial charge in [-0.2, -0.15) is 5.32 Å². The Hall–Kier alpha value is -0.900. The highest BCUT2D eigenvalue weighted by atomic mass is 16.6. The third-order valence-electron chi connectivity index (χ3n) is 2.96. The Balaban J connectivity index is 2.11. The molecule has 0 spiro atoms. The van der Waals surface area contributed by atoms with Gasteiger partial charge in [0.25, 0.3) is 0 Å². The van der Waals surface area contributed by atoms with E-state index < -0.39 is 5.72 Å². The van der Waals surface area contributed by atoms with E-state index in [4.69, 9.17) is 9.47 Å². The molecule has 3 nitrogen and oxygen atoms in total. The third kappa shape index (κ3) is 3.06. The fraction of sp³-hybridized carbons (Fsp3) is 0.571. The number of nitrogens with zero attached hydrogens (tertiary/aromatic N) is 1. The summed E-state index contributed by atoms with van der Waals surface area (Å²) in [7, 11) is 0. The maximum Gasteiger partial charge on any atom is 0.183 e. The molecular weight excluding hydrogens is 214 g/mol. The van der Waals surface area contributed by atoms with Crippen molar-refractivity contribution >= 4 is 0 Å². The molecule has 1 aromatic rings. The summed E-state index contributed by atoms with van der Waals surface area (Å²) in [5, 5.41) is 4.66. The highest BCUT2D eigenvalue weighted by Gasteiger charge is 2.36. The largest absolute Gasteiger partial charge is 0.375 e. The number of unbranched alkanes of at least 4 members (excludes halogenated alkanes) is 1. The van der Waals surface area contributed by atoms with E-state index in [2.05, 4.69) is 24.4 Å². The fourth-order valence-electron chi connectivity index (χ4n) is 1.98. The predicted molar refractivity (Wildman–Crippen MR) is 66.8 cm³/mol. The second kappa shape index (κ2) is 6.15. The van der Waals surface area contributed by atoms with Crippen LogP contribution in [0, 0.1) is 0 Å². The average Bonchev–Trinajstić information content (AvgIpc) is 2.41. The Bertz CT molecular complexity index is 320. The lowest BCUT2D eigenvalue weighted by atomic mass is 10.0. The molecule has 0 saturated carbocycles. The van der Waals surface area contributed by atoms with Crippen LogP contribution in [-0.2, 0) is 15.2 Å². The van der Waals surface area contributed by atoms with Crippen molar-refractivity contribution in [3.8, 4) is 0 Å². The van der Waals surface area contributed by atoms with Gasteiger partial charge in [0, 0.05) is 18.7 Å². The summed E-state index contributed by atoms with van der Waals surface area (Å²) in [5.41, 5.74) is 0.519. The molecule has 1 radical (unpaired) electrons. The molecule has 3 heteroatoms. The summed E-state index contributed by atoms with van der Waals surface area (Å²) < 4.78 is 11.6. The van der Waals surface area contributed by atoms with Crippen molar-refractivity contribution in [3.63, 3.8) is 0 Å². The second-order valence-electron chi connectivity index (χ2n) is 4.29. The van der Waals surface area contributed by atoms with Crippen molar-refractivity contribution in [3.05, 3.63) is 35.9 Å². The summed E-state index contributed by atoms with van der Waals surface area (Å²) in [6.07, 6.45) is 2.19. The molecule has 1 unspecified atom stereocenters. The Morgan fingerprint density at radius 1 is 1.35 bits per heavy atom. The summed E-state index contributed by atoms with van der Waals surface area (Å²) in [6, 6.07) is 10.2. The zero-order chi connectivity index (χ0) is 12.0. The number of hydrogen-bond acceptors (Lipinski definition) is 2. The van der Waals surface area contributed by atoms with Crippen LogP contribution in [0.25, 0.3) is 0 Å². The lowest BCUT2D eigenvalue weighted by Gasteiger charge is -2.36. The first-order valence-electron chi connectivity index (χ1n) is 6.33. The predicted octanol–water partition coefficient (Wildman–Crippen LogP) is 2.29. The molecule has 17 heavy (non-hydrogen) atoms. The van der Waals surface area contributed by atoms with Crippen molar-refractivity contribution in [2.75, 3.05) is 26.4 Å². The van der Waals surface area contributed by atoms with E-state index in [9.17, 15) is 0 Å². The number of rotatable bonds is 5. The number of benzene rings is 1. The average molecular weight is 234 g/mol. The molecule has 1 saturated heterocycles. The molecule has 93 valence electrons. The fourth-order valence-corrected chi connectivity index (χ4v) is 1.98. The van der Waals surface area contributed by atoms with Gasteiger partial charge in [-0.05, 0) is 6.42 Å². The van der Waals surface area contributed by atoms with Crippen molar-refractivity contribution in [2.24, 2.45) is 0 Å². The molecule has 0 N–H and O–H groups in total. The Labute approximate surface area is 103 Å². The Morgan fingerprint density at radius 3 is 2.82 bits per heavy atom. The van der Waals surface area contributed by atoms with E-state index in [1.54, 1.807) is 0 Å². The quantitative estimate of drug-likeness (QED) is 0.732. The van der Waals surface area contributed by atoms with Crippen molar-refractivity contribution < 1.29 is 9.47 Å². The van der Waals surface area contributed by atoms with Gasteiger partial charge in [-0.25, -0.2) is 0 Å². The Morgan fingerprint density at radius 2 is 2.18 bits per heavy atom. The minimum Gasteiger partial charge on any atom is -0.375 e. The first-order chi connectivity index (χ1) is 8.37. The first-order valence-corrected chi connectivity index (χ1v) is 6.33. The maximum atomic E-state index is 6.01. The number of hydrogen-bond donors (Lipinski definition) is 0. The molecule has 2 rings (SSSR count). The topological polar surface area (TPSA) is 32.6 Å². The van der Waals surface area contributed by atoms with Crippen LogP contribution in [0.3, 0.4) is 0 Å². The summed E-state index contributed by atoms with van der Waals surface area (Å²) in [5.74, 6) is 0. The van der Waals surface area contributed by atoms with Gasteiger partial charge in [-0.1, -0.05) is 43.7 Å².